The molecule has 0 aliphatic heterocycles. The summed E-state index contributed by atoms with van der Waals surface area (Å²) in [5.74, 6) is -0.0936. The van der Waals surface area contributed by atoms with E-state index in [1.54, 1.807) is 12.1 Å². The molecule has 0 unspecified atom stereocenters. The van der Waals surface area contributed by atoms with Gasteiger partial charge in [0.25, 0.3) is 0 Å². The molecule has 0 atom stereocenters. The molecule has 2 N–H and O–H groups in total. The summed E-state index contributed by atoms with van der Waals surface area (Å²) in [6.45, 7) is 0. The number of aliphatic imine (C=N–C) groups is 1. The van der Waals surface area contributed by atoms with Gasteiger partial charge >= 0.3 is 0 Å². The first-order valence-corrected chi connectivity index (χ1v) is 13.3. The third-order valence-corrected chi connectivity index (χ3v) is 9.88. The first-order chi connectivity index (χ1) is 14.5. The molecule has 0 aliphatic rings. The molecule has 31 heavy (non-hydrogen) atoms. The molecule has 0 aliphatic carbocycles. The molecule has 0 saturated heterocycles. The van der Waals surface area contributed by atoms with Gasteiger partial charge in [0.05, 0.1) is 9.79 Å². The molecule has 0 saturated carbocycles. The van der Waals surface area contributed by atoms with E-state index in [9.17, 15) is 25.3 Å². The first kappa shape index (κ1) is 22.7. The Labute approximate surface area is 180 Å². The maximum Gasteiger partial charge on any atom is 0.239 e. The lowest BCUT2D eigenvalue weighted by atomic mass is 10.4. The molecule has 2 aromatic carbocycles. The van der Waals surface area contributed by atoms with Gasteiger partial charge in [0.2, 0.25) is 34.3 Å². The van der Waals surface area contributed by atoms with E-state index in [4.69, 9.17) is 5.14 Å². The highest BCUT2D eigenvalue weighted by Gasteiger charge is 2.38. The summed E-state index contributed by atoms with van der Waals surface area (Å²) in [6, 6.07) is 16.6. The summed E-state index contributed by atoms with van der Waals surface area (Å²) in [7, 11) is -12.8. The molecule has 0 amide bonds. The number of pyridine rings is 1. The Hall–Kier alpha value is -2.93. The maximum absolute atomic E-state index is 13.2. The van der Waals surface area contributed by atoms with Crippen LogP contribution in [0.15, 0.2) is 98.7 Å². The van der Waals surface area contributed by atoms with E-state index in [-0.39, 0.29) is 20.5 Å². The van der Waals surface area contributed by atoms with Crippen molar-refractivity contribution in [1.82, 2.24) is 4.98 Å². The lowest BCUT2D eigenvalue weighted by Crippen LogP contribution is -2.32. The molecular weight excluding hydrogens is 462 g/mol. The Balaban J connectivity index is 2.10. The number of aromatic nitrogens is 1. The minimum atomic E-state index is -4.39. The second-order valence-electron chi connectivity index (χ2n) is 6.26. The molecule has 0 fully saturated rings. The summed E-state index contributed by atoms with van der Waals surface area (Å²) >= 11 is 0. The van der Waals surface area contributed by atoms with Crippen LogP contribution in [0, 0.1) is 0 Å². The molecule has 3 aromatic rings. The summed E-state index contributed by atoms with van der Waals surface area (Å²) in [5.41, 5.74) is 0. The van der Waals surface area contributed by atoms with Crippen LogP contribution in [-0.4, -0.2) is 41.0 Å². The van der Waals surface area contributed by atoms with Gasteiger partial charge in [-0.25, -0.2) is 40.4 Å². The second kappa shape index (κ2) is 8.67. The summed E-state index contributed by atoms with van der Waals surface area (Å²) in [4.78, 5) is 7.01. The van der Waals surface area contributed by atoms with Gasteiger partial charge < -0.3 is 0 Å². The number of sulfone groups is 2. The predicted octanol–water partition coefficient (Wildman–Crippen LogP) is 1.71. The average Bonchev–Trinajstić information content (AvgIpc) is 2.74. The highest BCUT2D eigenvalue weighted by atomic mass is 32.3. The number of hydrogen-bond acceptors (Lipinski definition) is 8. The van der Waals surface area contributed by atoms with Crippen molar-refractivity contribution in [2.45, 2.75) is 19.3 Å². The third kappa shape index (κ3) is 5.05. The van der Waals surface area contributed by atoms with Gasteiger partial charge in [0.15, 0.2) is 5.82 Å². The van der Waals surface area contributed by atoms with Crippen LogP contribution >= 0.6 is 0 Å². The molecule has 1 heterocycles. The Morgan fingerprint density at radius 2 is 1.19 bits per heavy atom. The van der Waals surface area contributed by atoms with Crippen LogP contribution in [0.25, 0.3) is 0 Å². The minimum Gasteiger partial charge on any atom is -0.239 e. The zero-order valence-electron chi connectivity index (χ0n) is 15.8. The average molecular weight is 480 g/mol. The first-order valence-electron chi connectivity index (χ1n) is 8.64. The highest BCUT2D eigenvalue weighted by molar-refractivity contribution is 8.10. The molecule has 0 bridgehead atoms. The van der Waals surface area contributed by atoms with Crippen LogP contribution in [0.4, 0.5) is 5.82 Å². The van der Waals surface area contributed by atoms with Crippen LogP contribution < -0.4 is 5.14 Å². The van der Waals surface area contributed by atoms with Crippen molar-refractivity contribution in [1.29, 1.82) is 0 Å². The summed E-state index contributed by atoms with van der Waals surface area (Å²) < 4.78 is 73.3. The zero-order valence-corrected chi connectivity index (χ0v) is 18.3. The molecule has 162 valence electrons. The second-order valence-corrected chi connectivity index (χ2v) is 12.3. The quantitative estimate of drug-likeness (QED) is 0.506. The van der Waals surface area contributed by atoms with E-state index in [1.807, 2.05) is 0 Å². The molecule has 0 spiro atoms. The molecule has 0 radical (unpaired) electrons. The number of primary sulfonamides is 1. The van der Waals surface area contributed by atoms with Crippen molar-refractivity contribution in [3.05, 3.63) is 79.0 Å². The van der Waals surface area contributed by atoms with Crippen LogP contribution in [0.1, 0.15) is 0 Å². The predicted molar refractivity (Wildman–Crippen MR) is 115 cm³/mol. The lowest BCUT2D eigenvalue weighted by Gasteiger charge is -2.15. The number of hydrogen-bond donors (Lipinski definition) is 1. The fourth-order valence-corrected chi connectivity index (χ4v) is 7.08. The molecule has 9 nitrogen and oxygen atoms in total. The van der Waals surface area contributed by atoms with Crippen molar-refractivity contribution in [2.75, 3.05) is 0 Å². The zero-order chi connectivity index (χ0) is 22.7. The Kier molecular flexibility index (Phi) is 6.36. The van der Waals surface area contributed by atoms with Crippen molar-refractivity contribution < 1.29 is 25.3 Å². The van der Waals surface area contributed by atoms with Gasteiger partial charge in [-0.2, -0.15) is 0 Å². The Morgan fingerprint density at radius 1 is 0.710 bits per heavy atom. The van der Waals surface area contributed by atoms with Crippen molar-refractivity contribution >= 4 is 41.7 Å². The van der Waals surface area contributed by atoms with E-state index in [1.165, 1.54) is 54.6 Å². The largest absolute Gasteiger partial charge is 0.239 e. The SMILES string of the molecule is NS(=O)(=O)c1ccc(N=CC(S(=O)(=O)c2ccccc2)S(=O)(=O)c2ccccc2)nc1. The van der Waals surface area contributed by atoms with Crippen molar-refractivity contribution in [3.63, 3.8) is 0 Å². The fraction of sp³-hybridized carbons (Fsp3) is 0.0526. The topological polar surface area (TPSA) is 154 Å². The lowest BCUT2D eigenvalue weighted by molar-refractivity contribution is 0.584. The summed E-state index contributed by atoms with van der Waals surface area (Å²) in [6.07, 6.45) is 1.71. The summed E-state index contributed by atoms with van der Waals surface area (Å²) in [5, 5.41) is 5.01. The Bertz CT molecular complexity index is 1330. The van der Waals surface area contributed by atoms with Crippen LogP contribution in [-0.2, 0) is 29.7 Å². The number of sulfonamides is 1. The van der Waals surface area contributed by atoms with E-state index < -0.39 is 34.3 Å². The number of nitrogens with two attached hydrogens (primary N) is 1. The normalized spacial score (nSPS) is 13.0. The van der Waals surface area contributed by atoms with Crippen LogP contribution in [0.3, 0.4) is 0 Å². The molecule has 1 aromatic heterocycles. The van der Waals surface area contributed by atoms with Crippen LogP contribution in [0.2, 0.25) is 0 Å². The van der Waals surface area contributed by atoms with Gasteiger partial charge in [-0.3, -0.25) is 0 Å². The standard InChI is InChI=1S/C19H17N3O6S3/c20-31(27,28)17-11-12-18(21-13-17)22-14-19(29(23,24)15-7-3-1-4-8-15)30(25,26)16-9-5-2-6-10-16/h1-14,19H,(H2,20,27,28). The van der Waals surface area contributed by atoms with Gasteiger partial charge in [-0.05, 0) is 36.4 Å². The highest BCUT2D eigenvalue weighted by Crippen LogP contribution is 2.25. The van der Waals surface area contributed by atoms with Gasteiger partial charge in [-0.15, -0.1) is 0 Å². The van der Waals surface area contributed by atoms with E-state index in [0.717, 1.165) is 18.5 Å². The third-order valence-electron chi connectivity index (χ3n) is 4.13. The minimum absolute atomic E-state index is 0.0936. The number of rotatable bonds is 7. The fourth-order valence-electron chi connectivity index (χ4n) is 2.57. The molecule has 3 rings (SSSR count). The van der Waals surface area contributed by atoms with Gasteiger partial charge in [0.1, 0.15) is 4.90 Å². The van der Waals surface area contributed by atoms with Gasteiger partial charge in [0, 0.05) is 12.4 Å². The number of nitrogens with zero attached hydrogens (tertiary/aromatic N) is 2. The van der Waals surface area contributed by atoms with E-state index in [2.05, 4.69) is 9.98 Å². The monoisotopic (exact) mass is 479 g/mol. The molecular formula is C19H17N3O6S3. The van der Waals surface area contributed by atoms with E-state index in [0.29, 0.717) is 0 Å². The van der Waals surface area contributed by atoms with E-state index >= 15 is 0 Å². The smallest absolute Gasteiger partial charge is 0.239 e. The Morgan fingerprint density at radius 3 is 1.58 bits per heavy atom. The number of benzene rings is 2. The molecule has 12 heteroatoms. The van der Waals surface area contributed by atoms with Crippen LogP contribution in [0.5, 0.6) is 0 Å². The van der Waals surface area contributed by atoms with Crippen molar-refractivity contribution in [2.24, 2.45) is 10.1 Å². The maximum atomic E-state index is 13.2. The van der Waals surface area contributed by atoms with Gasteiger partial charge in [-0.1, -0.05) is 36.4 Å². The van der Waals surface area contributed by atoms with Crippen molar-refractivity contribution in [3.8, 4) is 0 Å².